The van der Waals surface area contributed by atoms with Gasteiger partial charge >= 0.3 is 6.03 Å². The van der Waals surface area contributed by atoms with Crippen molar-refractivity contribution < 1.29 is 4.79 Å². The second-order valence-corrected chi connectivity index (χ2v) is 5.38. The predicted octanol–water partition coefficient (Wildman–Crippen LogP) is 0.869. The lowest BCUT2D eigenvalue weighted by Crippen LogP contribution is -2.27. The highest BCUT2D eigenvalue weighted by molar-refractivity contribution is 14.1. The van der Waals surface area contributed by atoms with Crippen LogP contribution >= 0.6 is 33.9 Å². The van der Waals surface area contributed by atoms with E-state index in [-0.39, 0.29) is 11.9 Å². The molecule has 2 heterocycles. The fourth-order valence-corrected chi connectivity index (χ4v) is 2.52. The zero-order valence-corrected chi connectivity index (χ0v) is 9.29. The minimum atomic E-state index is -0.396. The molecule has 1 unspecified atom stereocenters. The van der Waals surface area contributed by atoms with Crippen LogP contribution in [0.4, 0.5) is 4.79 Å². The molecule has 0 saturated heterocycles. The molecule has 2 rings (SSSR count). The second kappa shape index (κ2) is 3.22. The summed E-state index contributed by atoms with van der Waals surface area (Å²) in [6.45, 7) is 0. The monoisotopic (exact) mass is 308 g/mol. The standard InChI is InChI=1S/C6H5IN4OS/c7-2-1-9-5(13-2)3-4(8)11-6(12)10-3/h1,3H,(H3,8,10,11,12). The average Bonchev–Trinajstić information content (AvgIpc) is 2.58. The highest BCUT2D eigenvalue weighted by Gasteiger charge is 2.27. The second-order valence-electron chi connectivity index (χ2n) is 2.42. The zero-order chi connectivity index (χ0) is 9.42. The van der Waals surface area contributed by atoms with E-state index in [1.165, 1.54) is 11.3 Å². The Bertz CT molecular complexity index is 388. The molecule has 0 radical (unpaired) electrons. The highest BCUT2D eigenvalue weighted by atomic mass is 127. The Morgan fingerprint density at radius 3 is 2.92 bits per heavy atom. The fraction of sp³-hybridized carbons (Fsp3) is 0.167. The van der Waals surface area contributed by atoms with Crippen molar-refractivity contribution in [2.24, 2.45) is 10.7 Å². The van der Waals surface area contributed by atoms with Crippen LogP contribution < -0.4 is 11.1 Å². The van der Waals surface area contributed by atoms with Gasteiger partial charge in [-0.05, 0) is 22.6 Å². The van der Waals surface area contributed by atoms with Gasteiger partial charge in [-0.15, -0.1) is 11.3 Å². The van der Waals surface area contributed by atoms with E-state index in [2.05, 4.69) is 37.9 Å². The third-order valence-electron chi connectivity index (χ3n) is 1.54. The maximum absolute atomic E-state index is 10.8. The van der Waals surface area contributed by atoms with E-state index in [0.29, 0.717) is 0 Å². The summed E-state index contributed by atoms with van der Waals surface area (Å²) in [5.41, 5.74) is 5.54. The number of hydrogen-bond donors (Lipinski definition) is 2. The first-order valence-corrected chi connectivity index (χ1v) is 5.32. The number of amidine groups is 1. The number of aromatic nitrogens is 1. The van der Waals surface area contributed by atoms with Crippen LogP contribution in [0.2, 0.25) is 0 Å². The molecule has 1 aliphatic heterocycles. The van der Waals surface area contributed by atoms with E-state index < -0.39 is 6.03 Å². The molecule has 2 amide bonds. The van der Waals surface area contributed by atoms with Gasteiger partial charge < -0.3 is 11.1 Å². The van der Waals surface area contributed by atoms with Crippen LogP contribution in [0.3, 0.4) is 0 Å². The maximum Gasteiger partial charge on any atom is 0.343 e. The Morgan fingerprint density at radius 2 is 2.46 bits per heavy atom. The number of carbonyl (C=O) groups is 1. The third-order valence-corrected chi connectivity index (χ3v) is 3.33. The van der Waals surface area contributed by atoms with Crippen molar-refractivity contribution >= 4 is 45.8 Å². The normalized spacial score (nSPS) is 21.5. The summed E-state index contributed by atoms with van der Waals surface area (Å²) in [5.74, 6) is 0.288. The topological polar surface area (TPSA) is 80.4 Å². The summed E-state index contributed by atoms with van der Waals surface area (Å²) in [5, 5.41) is 3.38. The molecule has 0 aliphatic carbocycles. The Labute approximate surface area is 91.6 Å². The molecule has 3 N–H and O–H groups in total. The predicted molar refractivity (Wildman–Crippen MR) is 57.7 cm³/mol. The number of thiazole rings is 1. The molecule has 7 heteroatoms. The van der Waals surface area contributed by atoms with E-state index in [1.54, 1.807) is 6.20 Å². The van der Waals surface area contributed by atoms with E-state index >= 15 is 0 Å². The van der Waals surface area contributed by atoms with Gasteiger partial charge in [-0.1, -0.05) is 0 Å². The molecule has 1 aromatic heterocycles. The number of urea groups is 1. The first kappa shape index (κ1) is 8.88. The SMILES string of the molecule is NC1=NC(=O)NC1c1ncc(I)s1. The molecular formula is C6H5IN4OS. The largest absolute Gasteiger partial charge is 0.385 e. The van der Waals surface area contributed by atoms with Gasteiger partial charge in [-0.25, -0.2) is 9.78 Å². The molecule has 13 heavy (non-hydrogen) atoms. The van der Waals surface area contributed by atoms with Crippen LogP contribution in [0.5, 0.6) is 0 Å². The van der Waals surface area contributed by atoms with Gasteiger partial charge in [-0.2, -0.15) is 4.99 Å². The van der Waals surface area contributed by atoms with Crippen LogP contribution in [-0.2, 0) is 0 Å². The molecule has 0 bridgehead atoms. The lowest BCUT2D eigenvalue weighted by Gasteiger charge is -2.04. The average molecular weight is 308 g/mol. The zero-order valence-electron chi connectivity index (χ0n) is 6.32. The molecule has 1 atom stereocenters. The number of hydrogen-bond acceptors (Lipinski definition) is 4. The molecule has 0 fully saturated rings. The van der Waals surface area contributed by atoms with Crippen molar-refractivity contribution in [3.8, 4) is 0 Å². The Balaban J connectivity index is 2.29. The number of nitrogens with zero attached hydrogens (tertiary/aromatic N) is 2. The van der Waals surface area contributed by atoms with Crippen molar-refractivity contribution in [1.82, 2.24) is 10.3 Å². The lowest BCUT2D eigenvalue weighted by atomic mass is 10.3. The van der Waals surface area contributed by atoms with Crippen LogP contribution in [0, 0.1) is 2.88 Å². The minimum absolute atomic E-state index is 0.288. The summed E-state index contributed by atoms with van der Waals surface area (Å²) in [6, 6.07) is -0.728. The summed E-state index contributed by atoms with van der Waals surface area (Å²) in [4.78, 5) is 18.5. The summed E-state index contributed by atoms with van der Waals surface area (Å²) in [7, 11) is 0. The summed E-state index contributed by atoms with van der Waals surface area (Å²) in [6.07, 6.45) is 1.73. The summed E-state index contributed by atoms with van der Waals surface area (Å²) < 4.78 is 1.06. The van der Waals surface area contributed by atoms with Crippen LogP contribution in [0.25, 0.3) is 0 Å². The van der Waals surface area contributed by atoms with Gasteiger partial charge in [0, 0.05) is 0 Å². The number of halogens is 1. The van der Waals surface area contributed by atoms with Gasteiger partial charge in [0.1, 0.15) is 16.9 Å². The molecule has 0 aromatic carbocycles. The van der Waals surface area contributed by atoms with Crippen molar-refractivity contribution in [1.29, 1.82) is 0 Å². The van der Waals surface area contributed by atoms with Crippen LogP contribution in [0.15, 0.2) is 11.2 Å². The smallest absolute Gasteiger partial charge is 0.343 e. The molecular weight excluding hydrogens is 303 g/mol. The lowest BCUT2D eigenvalue weighted by molar-refractivity contribution is 0.250. The van der Waals surface area contributed by atoms with Gasteiger partial charge in [0.05, 0.1) is 9.08 Å². The van der Waals surface area contributed by atoms with E-state index in [0.717, 1.165) is 7.89 Å². The van der Waals surface area contributed by atoms with Gasteiger partial charge in [-0.3, -0.25) is 0 Å². The molecule has 68 valence electrons. The number of nitrogens with two attached hydrogens (primary N) is 1. The number of amides is 2. The Morgan fingerprint density at radius 1 is 1.69 bits per heavy atom. The van der Waals surface area contributed by atoms with Crippen LogP contribution in [0.1, 0.15) is 11.0 Å². The molecule has 0 spiro atoms. The number of aliphatic imine (C=N–C) groups is 1. The van der Waals surface area contributed by atoms with Gasteiger partial charge in [0.15, 0.2) is 0 Å². The van der Waals surface area contributed by atoms with Gasteiger partial charge in [0.25, 0.3) is 0 Å². The Kier molecular flexibility index (Phi) is 2.20. The highest BCUT2D eigenvalue weighted by Crippen LogP contribution is 2.23. The summed E-state index contributed by atoms with van der Waals surface area (Å²) >= 11 is 3.65. The molecule has 1 aromatic rings. The molecule has 1 aliphatic rings. The van der Waals surface area contributed by atoms with Crippen molar-refractivity contribution in [2.75, 3.05) is 0 Å². The van der Waals surface area contributed by atoms with E-state index in [1.807, 2.05) is 0 Å². The van der Waals surface area contributed by atoms with Crippen LogP contribution in [-0.4, -0.2) is 16.9 Å². The van der Waals surface area contributed by atoms with Crippen molar-refractivity contribution in [3.05, 3.63) is 14.1 Å². The number of rotatable bonds is 1. The third kappa shape index (κ3) is 1.66. The number of carbonyl (C=O) groups excluding carboxylic acids is 1. The first-order valence-electron chi connectivity index (χ1n) is 3.42. The molecule has 5 nitrogen and oxygen atoms in total. The quantitative estimate of drug-likeness (QED) is 0.755. The van der Waals surface area contributed by atoms with E-state index in [9.17, 15) is 4.79 Å². The minimum Gasteiger partial charge on any atom is -0.385 e. The first-order chi connectivity index (χ1) is 6.16. The van der Waals surface area contributed by atoms with E-state index in [4.69, 9.17) is 5.73 Å². The van der Waals surface area contributed by atoms with Gasteiger partial charge in [0.2, 0.25) is 0 Å². The molecule has 0 saturated carbocycles. The maximum atomic E-state index is 10.8. The van der Waals surface area contributed by atoms with Crippen molar-refractivity contribution in [3.63, 3.8) is 0 Å². The number of nitrogens with one attached hydrogen (secondary N) is 1. The van der Waals surface area contributed by atoms with Crippen molar-refractivity contribution in [2.45, 2.75) is 6.04 Å². The Hall–Kier alpha value is -0.700. The fourth-order valence-electron chi connectivity index (χ4n) is 1.00.